The van der Waals surface area contributed by atoms with Gasteiger partial charge in [-0.1, -0.05) is 18.2 Å². The van der Waals surface area contributed by atoms with Crippen molar-refractivity contribution in [1.82, 2.24) is 19.3 Å². The summed E-state index contributed by atoms with van der Waals surface area (Å²) in [4.78, 5) is 15.6. The van der Waals surface area contributed by atoms with Crippen LogP contribution in [0.25, 0.3) is 10.9 Å². The number of nitrogens with one attached hydrogen (secondary N) is 3. The van der Waals surface area contributed by atoms with E-state index in [1.165, 1.54) is 14.1 Å². The number of hydrogen-bond acceptors (Lipinski definition) is 3. The second kappa shape index (κ2) is 7.33. The number of benzene rings is 1. The molecule has 2 aromatic rings. The molecule has 0 saturated carbocycles. The number of hydrogen-bond donors (Lipinski definition) is 3. The quantitative estimate of drug-likeness (QED) is 0.694. The van der Waals surface area contributed by atoms with Gasteiger partial charge in [0.25, 0.3) is 10.2 Å². The van der Waals surface area contributed by atoms with E-state index in [0.717, 1.165) is 20.8 Å². The van der Waals surface area contributed by atoms with Gasteiger partial charge >= 0.3 is 0 Å². The van der Waals surface area contributed by atoms with Crippen LogP contribution in [-0.2, 0) is 21.4 Å². The molecule has 1 aromatic heterocycles. The number of carbonyl (C=O) groups excluding carboxylic acids is 1. The number of carbonyl (C=O) groups is 1. The molecule has 132 valence electrons. The minimum Gasteiger partial charge on any atom is -0.361 e. The monoisotopic (exact) mass is 352 g/mol. The van der Waals surface area contributed by atoms with Crippen molar-refractivity contribution in [3.8, 4) is 0 Å². The van der Waals surface area contributed by atoms with Gasteiger partial charge in [-0.25, -0.2) is 0 Å². The highest BCUT2D eigenvalue weighted by atomic mass is 32.2. The van der Waals surface area contributed by atoms with Crippen LogP contribution in [0.3, 0.4) is 0 Å². The predicted molar refractivity (Wildman–Crippen MR) is 94.8 cm³/mol. The van der Waals surface area contributed by atoms with E-state index in [2.05, 4.69) is 15.0 Å². The SMILES string of the molecule is CC(C)NC(=O)[C@@H](Cc1c[nH]c2ccccc12)NS(=O)(=O)N(C)C. The van der Waals surface area contributed by atoms with Crippen LogP contribution in [0.5, 0.6) is 0 Å². The van der Waals surface area contributed by atoms with E-state index in [-0.39, 0.29) is 18.4 Å². The molecule has 0 unspecified atom stereocenters. The molecule has 8 heteroatoms. The van der Waals surface area contributed by atoms with Gasteiger partial charge in [0.05, 0.1) is 0 Å². The second-order valence-corrected chi connectivity index (χ2v) is 8.10. The number of H-pyrrole nitrogens is 1. The van der Waals surface area contributed by atoms with Crippen LogP contribution in [-0.4, -0.2) is 49.8 Å². The highest BCUT2D eigenvalue weighted by molar-refractivity contribution is 7.87. The summed E-state index contributed by atoms with van der Waals surface area (Å²) >= 11 is 0. The minimum absolute atomic E-state index is 0.0770. The lowest BCUT2D eigenvalue weighted by Gasteiger charge is -2.21. The molecule has 0 aliphatic carbocycles. The highest BCUT2D eigenvalue weighted by Gasteiger charge is 2.27. The molecule has 0 saturated heterocycles. The Morgan fingerprint density at radius 2 is 1.92 bits per heavy atom. The normalized spacial score (nSPS) is 13.6. The molecular formula is C16H24N4O3S. The molecule has 2 rings (SSSR count). The van der Waals surface area contributed by atoms with Crippen molar-refractivity contribution in [3.05, 3.63) is 36.0 Å². The molecule has 1 atom stereocenters. The molecule has 3 N–H and O–H groups in total. The summed E-state index contributed by atoms with van der Waals surface area (Å²) < 4.78 is 27.8. The number of para-hydroxylation sites is 1. The maximum atomic E-state index is 12.4. The Kier molecular flexibility index (Phi) is 5.63. The number of fused-ring (bicyclic) bond motifs is 1. The van der Waals surface area contributed by atoms with E-state index in [4.69, 9.17) is 0 Å². The second-order valence-electron chi connectivity index (χ2n) is 6.18. The average molecular weight is 352 g/mol. The van der Waals surface area contributed by atoms with Crippen molar-refractivity contribution in [2.45, 2.75) is 32.4 Å². The molecule has 1 amide bonds. The van der Waals surface area contributed by atoms with Crippen LogP contribution >= 0.6 is 0 Å². The molecule has 7 nitrogen and oxygen atoms in total. The molecule has 0 bridgehead atoms. The van der Waals surface area contributed by atoms with Crippen LogP contribution in [0.4, 0.5) is 0 Å². The summed E-state index contributed by atoms with van der Waals surface area (Å²) in [5, 5.41) is 3.75. The van der Waals surface area contributed by atoms with Gasteiger partial charge in [0.1, 0.15) is 6.04 Å². The summed E-state index contributed by atoms with van der Waals surface area (Å²) in [6, 6.07) is 6.74. The van der Waals surface area contributed by atoms with Crippen LogP contribution in [0.1, 0.15) is 19.4 Å². The third-order valence-corrected chi connectivity index (χ3v) is 5.16. The summed E-state index contributed by atoms with van der Waals surface area (Å²) in [6.45, 7) is 3.67. The van der Waals surface area contributed by atoms with Gasteiger partial charge in [0.15, 0.2) is 0 Å². The lowest BCUT2D eigenvalue weighted by atomic mass is 10.0. The zero-order valence-corrected chi connectivity index (χ0v) is 15.1. The average Bonchev–Trinajstić information content (AvgIpc) is 2.89. The Hall–Kier alpha value is -1.90. The van der Waals surface area contributed by atoms with Crippen LogP contribution in [0.2, 0.25) is 0 Å². The topological polar surface area (TPSA) is 94.3 Å². The molecular weight excluding hydrogens is 328 g/mol. The smallest absolute Gasteiger partial charge is 0.279 e. The van der Waals surface area contributed by atoms with E-state index < -0.39 is 16.3 Å². The van der Waals surface area contributed by atoms with Gasteiger partial charge in [0.2, 0.25) is 5.91 Å². The standard InChI is InChI=1S/C16H24N4O3S/c1-11(2)18-16(21)15(19-24(22,23)20(3)4)9-12-10-17-14-8-6-5-7-13(12)14/h5-8,10-11,15,17,19H,9H2,1-4H3,(H,18,21)/t15-/m1/s1. The third kappa shape index (κ3) is 4.34. The summed E-state index contributed by atoms with van der Waals surface area (Å²) in [7, 11) is -0.878. The van der Waals surface area contributed by atoms with Gasteiger partial charge in [-0.3, -0.25) is 4.79 Å². The number of aromatic amines is 1. The van der Waals surface area contributed by atoms with Crippen molar-refractivity contribution < 1.29 is 13.2 Å². The third-order valence-electron chi connectivity index (χ3n) is 3.62. The van der Waals surface area contributed by atoms with E-state index >= 15 is 0 Å². The van der Waals surface area contributed by atoms with Crippen molar-refractivity contribution in [1.29, 1.82) is 0 Å². The molecule has 0 aliphatic heterocycles. The van der Waals surface area contributed by atoms with E-state index in [9.17, 15) is 13.2 Å². The van der Waals surface area contributed by atoms with Crippen molar-refractivity contribution >= 4 is 27.0 Å². The molecule has 0 aliphatic rings. The molecule has 0 fully saturated rings. The Morgan fingerprint density at radius 1 is 1.25 bits per heavy atom. The maximum absolute atomic E-state index is 12.4. The number of aromatic nitrogens is 1. The summed E-state index contributed by atoms with van der Waals surface area (Å²) in [6.07, 6.45) is 2.07. The Labute approximate surface area is 142 Å². The van der Waals surface area contributed by atoms with Crippen LogP contribution in [0, 0.1) is 0 Å². The fourth-order valence-electron chi connectivity index (χ4n) is 2.38. The largest absolute Gasteiger partial charge is 0.361 e. The molecule has 0 spiro atoms. The minimum atomic E-state index is -3.72. The molecule has 1 heterocycles. The first-order valence-corrected chi connectivity index (χ1v) is 9.20. The fraction of sp³-hybridized carbons (Fsp3) is 0.438. The fourth-order valence-corrected chi connectivity index (χ4v) is 3.14. The van der Waals surface area contributed by atoms with E-state index in [1.807, 2.05) is 44.3 Å². The first-order chi connectivity index (χ1) is 11.2. The van der Waals surface area contributed by atoms with Crippen molar-refractivity contribution in [2.24, 2.45) is 0 Å². The lowest BCUT2D eigenvalue weighted by molar-refractivity contribution is -0.123. The van der Waals surface area contributed by atoms with Gasteiger partial charge in [-0.05, 0) is 31.9 Å². The Morgan fingerprint density at radius 3 is 2.54 bits per heavy atom. The van der Waals surface area contributed by atoms with Crippen molar-refractivity contribution in [2.75, 3.05) is 14.1 Å². The lowest BCUT2D eigenvalue weighted by Crippen LogP contribution is -2.52. The predicted octanol–water partition coefficient (Wildman–Crippen LogP) is 1.000. The first-order valence-electron chi connectivity index (χ1n) is 7.76. The number of rotatable bonds is 7. The number of amides is 1. The van der Waals surface area contributed by atoms with Gasteiger partial charge < -0.3 is 10.3 Å². The van der Waals surface area contributed by atoms with E-state index in [1.54, 1.807) is 0 Å². The van der Waals surface area contributed by atoms with Gasteiger partial charge in [-0.15, -0.1) is 0 Å². The zero-order valence-electron chi connectivity index (χ0n) is 14.3. The highest BCUT2D eigenvalue weighted by Crippen LogP contribution is 2.19. The zero-order chi connectivity index (χ0) is 17.9. The maximum Gasteiger partial charge on any atom is 0.279 e. The summed E-state index contributed by atoms with van der Waals surface area (Å²) in [5.74, 6) is -0.347. The molecule has 1 aromatic carbocycles. The summed E-state index contributed by atoms with van der Waals surface area (Å²) in [5.41, 5.74) is 1.84. The Bertz CT molecular complexity index is 812. The molecule has 0 radical (unpaired) electrons. The number of nitrogens with zero attached hydrogens (tertiary/aromatic N) is 1. The Balaban J connectivity index is 2.30. The van der Waals surface area contributed by atoms with Gasteiger partial charge in [0, 0.05) is 37.2 Å². The first kappa shape index (κ1) is 18.4. The van der Waals surface area contributed by atoms with E-state index in [0.29, 0.717) is 0 Å². The van der Waals surface area contributed by atoms with Crippen LogP contribution < -0.4 is 10.0 Å². The van der Waals surface area contributed by atoms with Crippen LogP contribution in [0.15, 0.2) is 30.5 Å². The molecule has 24 heavy (non-hydrogen) atoms. The van der Waals surface area contributed by atoms with Gasteiger partial charge in [-0.2, -0.15) is 17.4 Å². The van der Waals surface area contributed by atoms with Crippen molar-refractivity contribution in [3.63, 3.8) is 0 Å².